The highest BCUT2D eigenvalue weighted by molar-refractivity contribution is 9.10. The van der Waals surface area contributed by atoms with Crippen LogP contribution in [0.1, 0.15) is 16.7 Å². The maximum Gasteiger partial charge on any atom is 0.321 e. The third-order valence-electron chi connectivity index (χ3n) is 5.63. The van der Waals surface area contributed by atoms with Gasteiger partial charge in [-0.1, -0.05) is 47.5 Å². The zero-order chi connectivity index (χ0) is 24.9. The highest BCUT2D eigenvalue weighted by Crippen LogP contribution is 2.37. The van der Waals surface area contributed by atoms with E-state index in [9.17, 15) is 9.90 Å². The largest absolute Gasteiger partial charge is 0.493 e. The van der Waals surface area contributed by atoms with Crippen LogP contribution in [0.4, 0.5) is 0 Å². The number of carbonyl (C=O) groups is 1. The predicted octanol–water partition coefficient (Wildman–Crippen LogP) is 6.61. The summed E-state index contributed by atoms with van der Waals surface area (Å²) in [6, 6.07) is 16.0. The summed E-state index contributed by atoms with van der Waals surface area (Å²) in [4.78, 5) is 15.1. The van der Waals surface area contributed by atoms with Crippen LogP contribution in [0.5, 0.6) is 11.5 Å². The quantitative estimate of drug-likeness (QED) is 0.197. The van der Waals surface area contributed by atoms with E-state index in [0.717, 1.165) is 27.6 Å². The second kappa shape index (κ2) is 11.4. The monoisotopic (exact) mass is 576 g/mol. The molecule has 0 bridgehead atoms. The summed E-state index contributed by atoms with van der Waals surface area (Å²) in [6.07, 6.45) is 2.21. The Bertz CT molecular complexity index is 1360. The van der Waals surface area contributed by atoms with Gasteiger partial charge in [-0.15, -0.1) is 0 Å². The fourth-order valence-electron chi connectivity index (χ4n) is 3.81. The van der Waals surface area contributed by atoms with Gasteiger partial charge in [0.25, 0.3) is 0 Å². The molecule has 4 aromatic rings. The summed E-state index contributed by atoms with van der Waals surface area (Å²) < 4.78 is 12.2. The van der Waals surface area contributed by atoms with Crippen molar-refractivity contribution in [2.75, 3.05) is 7.11 Å². The van der Waals surface area contributed by atoms with Gasteiger partial charge in [0.2, 0.25) is 0 Å². The molecule has 0 aliphatic carbocycles. The topological polar surface area (TPSA) is 83.6 Å². The van der Waals surface area contributed by atoms with Gasteiger partial charge in [0.1, 0.15) is 12.6 Å². The van der Waals surface area contributed by atoms with E-state index >= 15 is 0 Å². The molecule has 3 aromatic carbocycles. The summed E-state index contributed by atoms with van der Waals surface area (Å²) in [6.45, 7) is 0.561. The lowest BCUT2D eigenvalue weighted by atomic mass is 10.0. The van der Waals surface area contributed by atoms with Crippen LogP contribution >= 0.6 is 39.1 Å². The highest BCUT2D eigenvalue weighted by atomic mass is 79.9. The number of nitrogens with one attached hydrogen (secondary N) is 2. The number of fused-ring (bicyclic) bond motifs is 1. The molecule has 6 nitrogen and oxygen atoms in total. The van der Waals surface area contributed by atoms with Crippen LogP contribution in [0.15, 0.2) is 65.3 Å². The van der Waals surface area contributed by atoms with Gasteiger partial charge >= 0.3 is 5.97 Å². The smallest absolute Gasteiger partial charge is 0.321 e. The molecule has 182 valence electrons. The van der Waals surface area contributed by atoms with Crippen molar-refractivity contribution < 1.29 is 19.4 Å². The summed E-state index contributed by atoms with van der Waals surface area (Å²) in [7, 11) is 1.55. The van der Waals surface area contributed by atoms with Gasteiger partial charge in [0.15, 0.2) is 11.5 Å². The molecule has 0 saturated heterocycles. The van der Waals surface area contributed by atoms with Crippen molar-refractivity contribution >= 4 is 56.0 Å². The van der Waals surface area contributed by atoms with E-state index in [1.165, 1.54) is 0 Å². The molecule has 0 fully saturated rings. The van der Waals surface area contributed by atoms with Crippen molar-refractivity contribution in [3.05, 3.63) is 92.0 Å². The predicted molar refractivity (Wildman–Crippen MR) is 142 cm³/mol. The standard InChI is InChI=1S/C26H23BrCl2N2O4/c1-34-24-9-15(8-20(27)25(24)35-14-16-6-7-18(28)11-21(16)29)12-30-23(26(32)33)10-17-13-31-22-5-3-2-4-19(17)22/h2-9,11,13,23,30-31H,10,12,14H2,1H3,(H,32,33). The minimum Gasteiger partial charge on any atom is -0.493 e. The molecule has 1 heterocycles. The van der Waals surface area contributed by atoms with E-state index in [0.29, 0.717) is 39.0 Å². The molecule has 0 radical (unpaired) electrons. The first-order valence-corrected chi connectivity index (χ1v) is 12.3. The number of para-hydroxylation sites is 1. The number of carboxylic acids is 1. The van der Waals surface area contributed by atoms with Crippen LogP contribution in [-0.2, 0) is 24.4 Å². The number of aliphatic carboxylic acids is 1. The van der Waals surface area contributed by atoms with Crippen LogP contribution in [-0.4, -0.2) is 29.2 Å². The highest BCUT2D eigenvalue weighted by Gasteiger charge is 2.20. The SMILES string of the molecule is COc1cc(CNC(Cc2c[nH]c3ccccc23)C(=O)O)cc(Br)c1OCc1ccc(Cl)cc1Cl. The second-order valence-electron chi connectivity index (χ2n) is 7.97. The Morgan fingerprint density at radius 2 is 1.94 bits per heavy atom. The van der Waals surface area contributed by atoms with Gasteiger partial charge in [0.05, 0.1) is 11.6 Å². The van der Waals surface area contributed by atoms with E-state index in [2.05, 4.69) is 26.2 Å². The molecular weight excluding hydrogens is 555 g/mol. The number of aromatic amines is 1. The summed E-state index contributed by atoms with van der Waals surface area (Å²) >= 11 is 15.8. The van der Waals surface area contributed by atoms with Crippen molar-refractivity contribution in [3.63, 3.8) is 0 Å². The first kappa shape index (κ1) is 25.4. The maximum absolute atomic E-state index is 11.9. The Morgan fingerprint density at radius 3 is 2.69 bits per heavy atom. The Balaban J connectivity index is 1.46. The van der Waals surface area contributed by atoms with Gasteiger partial charge in [0, 0.05) is 45.7 Å². The van der Waals surface area contributed by atoms with Gasteiger partial charge in [-0.2, -0.15) is 0 Å². The number of hydrogen-bond acceptors (Lipinski definition) is 4. The minimum absolute atomic E-state index is 0.230. The lowest BCUT2D eigenvalue weighted by molar-refractivity contribution is -0.139. The molecule has 1 unspecified atom stereocenters. The van der Waals surface area contributed by atoms with E-state index in [1.54, 1.807) is 19.2 Å². The number of methoxy groups -OCH3 is 1. The number of halogens is 3. The lowest BCUT2D eigenvalue weighted by Crippen LogP contribution is -2.38. The number of hydrogen-bond donors (Lipinski definition) is 3. The molecule has 0 aliphatic heterocycles. The number of benzene rings is 3. The van der Waals surface area contributed by atoms with E-state index in [-0.39, 0.29) is 6.61 Å². The van der Waals surface area contributed by atoms with E-state index in [1.807, 2.05) is 48.7 Å². The molecule has 9 heteroatoms. The fraction of sp³-hybridized carbons (Fsp3) is 0.192. The third-order valence-corrected chi connectivity index (χ3v) is 6.80. The minimum atomic E-state index is -0.916. The lowest BCUT2D eigenvalue weighted by Gasteiger charge is -2.17. The van der Waals surface area contributed by atoms with Crippen LogP contribution < -0.4 is 14.8 Å². The maximum atomic E-state index is 11.9. The molecule has 0 spiro atoms. The summed E-state index contributed by atoms with van der Waals surface area (Å²) in [5.41, 5.74) is 3.56. The van der Waals surface area contributed by atoms with Crippen LogP contribution in [0.3, 0.4) is 0 Å². The Hall–Kier alpha value is -2.71. The average Bonchev–Trinajstić information content (AvgIpc) is 3.24. The molecule has 0 amide bonds. The summed E-state index contributed by atoms with van der Waals surface area (Å²) in [5.74, 6) is 0.127. The second-order valence-corrected chi connectivity index (χ2v) is 9.67. The first-order chi connectivity index (χ1) is 16.9. The van der Waals surface area contributed by atoms with Crippen molar-refractivity contribution in [1.29, 1.82) is 0 Å². The molecule has 3 N–H and O–H groups in total. The molecule has 1 aromatic heterocycles. The van der Waals surface area contributed by atoms with Crippen molar-refractivity contribution in [2.45, 2.75) is 25.6 Å². The fourth-order valence-corrected chi connectivity index (χ4v) is 4.88. The van der Waals surface area contributed by atoms with E-state index in [4.69, 9.17) is 32.7 Å². The Labute approximate surface area is 221 Å². The van der Waals surface area contributed by atoms with Crippen LogP contribution in [0.25, 0.3) is 10.9 Å². The van der Waals surface area contributed by atoms with E-state index < -0.39 is 12.0 Å². The van der Waals surface area contributed by atoms with Crippen molar-refractivity contribution in [3.8, 4) is 11.5 Å². The Kier molecular flexibility index (Phi) is 8.23. The molecular formula is C26H23BrCl2N2O4. The van der Waals surface area contributed by atoms with Gasteiger partial charge in [-0.25, -0.2) is 0 Å². The normalized spacial score (nSPS) is 12.0. The molecule has 35 heavy (non-hydrogen) atoms. The first-order valence-electron chi connectivity index (χ1n) is 10.8. The van der Waals surface area contributed by atoms with Crippen LogP contribution in [0.2, 0.25) is 10.0 Å². The van der Waals surface area contributed by atoms with Gasteiger partial charge in [-0.3, -0.25) is 4.79 Å². The van der Waals surface area contributed by atoms with Gasteiger partial charge in [-0.05, 0) is 57.4 Å². The summed E-state index contributed by atoms with van der Waals surface area (Å²) in [5, 5.41) is 15.0. The molecule has 0 saturated carbocycles. The molecule has 1 atom stereocenters. The van der Waals surface area contributed by atoms with Crippen molar-refractivity contribution in [2.24, 2.45) is 0 Å². The Morgan fingerprint density at radius 1 is 1.14 bits per heavy atom. The van der Waals surface area contributed by atoms with Gasteiger partial charge < -0.3 is 24.9 Å². The zero-order valence-electron chi connectivity index (χ0n) is 18.8. The van der Waals surface area contributed by atoms with Crippen molar-refractivity contribution in [1.82, 2.24) is 10.3 Å². The number of ether oxygens (including phenoxy) is 2. The number of aromatic nitrogens is 1. The zero-order valence-corrected chi connectivity index (χ0v) is 21.9. The average molecular weight is 578 g/mol. The third kappa shape index (κ3) is 6.11. The molecule has 4 rings (SSSR count). The number of carboxylic acid groups (broad SMARTS) is 1. The number of rotatable bonds is 10. The number of H-pyrrole nitrogens is 1. The van der Waals surface area contributed by atoms with Crippen LogP contribution in [0, 0.1) is 0 Å². The molecule has 0 aliphatic rings.